The molecule has 0 saturated heterocycles. The van der Waals surface area contributed by atoms with Gasteiger partial charge in [-0.2, -0.15) is 0 Å². The van der Waals surface area contributed by atoms with Crippen LogP contribution in [-0.2, 0) is 0 Å². The lowest BCUT2D eigenvalue weighted by atomic mass is 10.0. The first kappa shape index (κ1) is 16.4. The first-order valence-corrected chi connectivity index (χ1v) is 6.54. The van der Waals surface area contributed by atoms with Crippen LogP contribution >= 0.6 is 9.24 Å². The first-order valence-electron chi connectivity index (χ1n) is 5.97. The number of hydrogen-bond donors (Lipinski definition) is 1. The van der Waals surface area contributed by atoms with Crippen LogP contribution in [0.1, 0.15) is 40.0 Å². The zero-order valence-corrected chi connectivity index (χ0v) is 12.6. The normalized spacial score (nSPS) is 13.8. The van der Waals surface area contributed by atoms with Gasteiger partial charge in [-0.05, 0) is 50.9 Å². The first-order chi connectivity index (χ1) is 7.78. The van der Waals surface area contributed by atoms with Crippen LogP contribution in [0, 0.1) is 0 Å². The smallest absolute Gasteiger partial charge is 0.105 e. The molecule has 0 aromatic heterocycles. The van der Waals surface area contributed by atoms with E-state index in [0.717, 1.165) is 29.4 Å². The molecule has 0 rings (SSSR count). The molecule has 0 aliphatic heterocycles. The third kappa shape index (κ3) is 8.15. The molecule has 1 unspecified atom stereocenters. The number of nitrogens with one attached hydrogen (secondary N) is 1. The van der Waals surface area contributed by atoms with Gasteiger partial charge in [0, 0.05) is 12.7 Å². The Balaban J connectivity index is 4.23. The van der Waals surface area contributed by atoms with E-state index in [2.05, 4.69) is 27.2 Å². The molecule has 0 bridgehead atoms. The van der Waals surface area contributed by atoms with Gasteiger partial charge in [-0.15, -0.1) is 9.24 Å². The van der Waals surface area contributed by atoms with E-state index in [1.54, 1.807) is 13.8 Å². The Morgan fingerprint density at radius 1 is 1.47 bits per heavy atom. The Labute approximate surface area is 107 Å². The zero-order chi connectivity index (χ0) is 13.5. The number of unbranched alkanes of at least 4 members (excludes halogenated alkanes) is 1. The van der Waals surface area contributed by atoms with Gasteiger partial charge in [-0.3, -0.25) is 0 Å². The molecule has 0 saturated carbocycles. The lowest BCUT2D eigenvalue weighted by Gasteiger charge is -2.12. The van der Waals surface area contributed by atoms with E-state index in [1.165, 1.54) is 0 Å². The minimum atomic E-state index is -1.06. The van der Waals surface area contributed by atoms with E-state index >= 15 is 0 Å². The highest BCUT2D eigenvalue weighted by Gasteiger charge is 2.13. The molecule has 0 aliphatic carbocycles. The summed E-state index contributed by atoms with van der Waals surface area (Å²) < 4.78 is 13.2. The van der Waals surface area contributed by atoms with Crippen LogP contribution < -0.4 is 5.32 Å². The van der Waals surface area contributed by atoms with Crippen molar-refractivity contribution >= 4 is 9.24 Å². The summed E-state index contributed by atoms with van der Waals surface area (Å²) in [4.78, 5) is 0. The Morgan fingerprint density at radius 2 is 2.06 bits per heavy atom. The molecular weight excluding hydrogens is 232 g/mol. The second-order valence-corrected chi connectivity index (χ2v) is 5.70. The fourth-order valence-electron chi connectivity index (χ4n) is 1.45. The Kier molecular flexibility index (Phi) is 7.38. The van der Waals surface area contributed by atoms with E-state index in [4.69, 9.17) is 0 Å². The van der Waals surface area contributed by atoms with Crippen molar-refractivity contribution < 1.29 is 4.39 Å². The quantitative estimate of drug-likeness (QED) is 0.406. The summed E-state index contributed by atoms with van der Waals surface area (Å²) >= 11 is 0. The molecule has 0 aromatic carbocycles. The van der Waals surface area contributed by atoms with E-state index in [0.29, 0.717) is 6.42 Å². The van der Waals surface area contributed by atoms with Gasteiger partial charge in [0.25, 0.3) is 0 Å². The summed E-state index contributed by atoms with van der Waals surface area (Å²) in [6, 6.07) is 0. The van der Waals surface area contributed by atoms with Gasteiger partial charge >= 0.3 is 0 Å². The maximum Gasteiger partial charge on any atom is 0.105 e. The SMILES string of the molecule is C=C(NC)C(/C=C\CCCC(C)(C)F)=C(/C)P. The number of halogens is 1. The average Bonchev–Trinajstić information content (AvgIpc) is 2.20. The van der Waals surface area contributed by atoms with Crippen LogP contribution in [-0.4, -0.2) is 12.7 Å². The molecule has 1 atom stereocenters. The van der Waals surface area contributed by atoms with Crippen molar-refractivity contribution in [2.24, 2.45) is 0 Å². The molecule has 0 spiro atoms. The predicted molar refractivity (Wildman–Crippen MR) is 78.8 cm³/mol. The number of alkyl halides is 1. The van der Waals surface area contributed by atoms with Crippen molar-refractivity contribution in [1.82, 2.24) is 5.32 Å². The van der Waals surface area contributed by atoms with Gasteiger partial charge in [-0.1, -0.05) is 18.7 Å². The van der Waals surface area contributed by atoms with Crippen molar-refractivity contribution in [3.05, 3.63) is 35.3 Å². The number of rotatable bonds is 7. The molecule has 0 heterocycles. The van der Waals surface area contributed by atoms with Crippen LogP contribution in [0.5, 0.6) is 0 Å². The summed E-state index contributed by atoms with van der Waals surface area (Å²) in [5.74, 6) is 0. The lowest BCUT2D eigenvalue weighted by molar-refractivity contribution is 0.198. The summed E-state index contributed by atoms with van der Waals surface area (Å²) in [6.45, 7) is 9.21. The standard InChI is InChI=1S/C14H25FNP/c1-11(16-5)13(12(2)17)9-7-6-8-10-14(3,4)15/h7,9,16H,1,6,8,10,17H2,2-5H3/b9-7-,13-12-. The van der Waals surface area contributed by atoms with E-state index < -0.39 is 5.67 Å². The highest BCUT2D eigenvalue weighted by Crippen LogP contribution is 2.20. The molecule has 3 heteroatoms. The van der Waals surface area contributed by atoms with E-state index in [9.17, 15) is 4.39 Å². The predicted octanol–water partition coefficient (Wildman–Crippen LogP) is 4.34. The summed E-state index contributed by atoms with van der Waals surface area (Å²) in [7, 11) is 4.54. The molecule has 98 valence electrons. The van der Waals surface area contributed by atoms with Crippen LogP contribution in [0.3, 0.4) is 0 Å². The van der Waals surface area contributed by atoms with Crippen molar-refractivity contribution in [3.8, 4) is 0 Å². The van der Waals surface area contributed by atoms with Crippen LogP contribution in [0.2, 0.25) is 0 Å². The summed E-state index contributed by atoms with van der Waals surface area (Å²) in [5, 5.41) is 4.18. The molecule has 1 nitrogen and oxygen atoms in total. The molecule has 1 N–H and O–H groups in total. The molecule has 0 fully saturated rings. The molecule has 0 amide bonds. The maximum atomic E-state index is 13.2. The van der Waals surface area contributed by atoms with E-state index in [1.807, 2.05) is 20.0 Å². The topological polar surface area (TPSA) is 12.0 Å². The minimum Gasteiger partial charge on any atom is -0.388 e. The second kappa shape index (κ2) is 7.66. The van der Waals surface area contributed by atoms with Crippen molar-refractivity contribution in [1.29, 1.82) is 0 Å². The Hall–Kier alpha value is -0.620. The monoisotopic (exact) mass is 257 g/mol. The summed E-state index contributed by atoms with van der Waals surface area (Å²) in [5.41, 5.74) is 0.939. The lowest BCUT2D eigenvalue weighted by Crippen LogP contribution is -2.10. The molecule has 0 aliphatic rings. The van der Waals surface area contributed by atoms with Gasteiger partial charge in [0.1, 0.15) is 5.67 Å². The molecule has 0 radical (unpaired) electrons. The molecule has 0 aromatic rings. The van der Waals surface area contributed by atoms with Gasteiger partial charge in [0.2, 0.25) is 0 Å². The number of allylic oxidation sites excluding steroid dienone is 3. The fourth-order valence-corrected chi connectivity index (χ4v) is 1.72. The van der Waals surface area contributed by atoms with Gasteiger partial charge in [0.15, 0.2) is 0 Å². The van der Waals surface area contributed by atoms with Crippen molar-refractivity contribution in [3.63, 3.8) is 0 Å². The highest BCUT2D eigenvalue weighted by molar-refractivity contribution is 7.22. The zero-order valence-electron chi connectivity index (χ0n) is 11.4. The minimum absolute atomic E-state index is 0.600. The Morgan fingerprint density at radius 3 is 2.47 bits per heavy atom. The second-order valence-electron chi connectivity index (χ2n) is 4.84. The highest BCUT2D eigenvalue weighted by atomic mass is 31.0. The fraction of sp³-hybridized carbons (Fsp3) is 0.571. The Bertz CT molecular complexity index is 307. The van der Waals surface area contributed by atoms with Crippen molar-refractivity contribution in [2.45, 2.75) is 45.7 Å². The van der Waals surface area contributed by atoms with Crippen LogP contribution in [0.25, 0.3) is 0 Å². The van der Waals surface area contributed by atoms with Crippen molar-refractivity contribution in [2.75, 3.05) is 7.05 Å². The number of hydrogen-bond acceptors (Lipinski definition) is 1. The summed E-state index contributed by atoms with van der Waals surface area (Å²) in [6.07, 6.45) is 6.49. The third-order valence-corrected chi connectivity index (χ3v) is 2.79. The molecule has 17 heavy (non-hydrogen) atoms. The largest absolute Gasteiger partial charge is 0.388 e. The van der Waals surface area contributed by atoms with Gasteiger partial charge < -0.3 is 5.32 Å². The van der Waals surface area contributed by atoms with Gasteiger partial charge in [-0.25, -0.2) is 4.39 Å². The van der Waals surface area contributed by atoms with Crippen LogP contribution in [0.15, 0.2) is 35.3 Å². The maximum absolute atomic E-state index is 13.2. The third-order valence-electron chi connectivity index (χ3n) is 2.48. The number of likely N-dealkylation sites (N-methyl/N-ethyl adjacent to an activating group) is 1. The van der Waals surface area contributed by atoms with Gasteiger partial charge in [0.05, 0.1) is 0 Å². The average molecular weight is 257 g/mol. The molecular formula is C14H25FNP. The van der Waals surface area contributed by atoms with Crippen LogP contribution in [0.4, 0.5) is 4.39 Å². The van der Waals surface area contributed by atoms with E-state index in [-0.39, 0.29) is 0 Å².